The van der Waals surface area contributed by atoms with Crippen LogP contribution in [0.4, 0.5) is 10.1 Å². The minimum absolute atomic E-state index is 0.0125. The molecule has 0 spiro atoms. The average molecular weight is 459 g/mol. The second-order valence-corrected chi connectivity index (χ2v) is 9.08. The Kier molecular flexibility index (Phi) is 7.73. The Morgan fingerprint density at radius 2 is 1.65 bits per heavy atom. The highest BCUT2D eigenvalue weighted by molar-refractivity contribution is 5.95. The molecule has 1 unspecified atom stereocenters. The predicted octanol–water partition coefficient (Wildman–Crippen LogP) is 5.97. The lowest BCUT2D eigenvalue weighted by atomic mass is 10.0. The fraction of sp³-hybridized carbons (Fsp3) is 0.310. The van der Waals surface area contributed by atoms with Crippen LogP contribution in [0.25, 0.3) is 0 Å². The number of nitrogens with one attached hydrogen (secondary N) is 1. The number of carbonyl (C=O) groups excluding carboxylic acids is 2. The second-order valence-electron chi connectivity index (χ2n) is 9.08. The molecule has 34 heavy (non-hydrogen) atoms. The van der Waals surface area contributed by atoms with E-state index < -0.39 is 0 Å². The lowest BCUT2D eigenvalue weighted by Crippen LogP contribution is -2.35. The fourth-order valence-electron chi connectivity index (χ4n) is 4.60. The van der Waals surface area contributed by atoms with Gasteiger partial charge in [-0.05, 0) is 60.7 Å². The van der Waals surface area contributed by atoms with Crippen LogP contribution in [-0.2, 0) is 22.6 Å². The first-order valence-corrected chi connectivity index (χ1v) is 12.0. The van der Waals surface area contributed by atoms with Crippen molar-refractivity contribution in [1.29, 1.82) is 0 Å². The topological polar surface area (TPSA) is 49.4 Å². The number of halogens is 1. The van der Waals surface area contributed by atoms with Gasteiger partial charge in [-0.25, -0.2) is 4.39 Å². The molecule has 1 saturated carbocycles. The summed E-state index contributed by atoms with van der Waals surface area (Å²) in [5.41, 5.74) is 3.46. The van der Waals surface area contributed by atoms with Gasteiger partial charge in [0.05, 0.1) is 19.0 Å². The molecule has 1 N–H and O–H groups in total. The van der Waals surface area contributed by atoms with Crippen molar-refractivity contribution in [3.63, 3.8) is 0 Å². The van der Waals surface area contributed by atoms with Crippen LogP contribution >= 0.6 is 0 Å². The van der Waals surface area contributed by atoms with Crippen LogP contribution < -0.4 is 10.2 Å². The van der Waals surface area contributed by atoms with Crippen LogP contribution in [0.1, 0.15) is 55.3 Å². The van der Waals surface area contributed by atoms with E-state index in [1.54, 1.807) is 11.0 Å². The van der Waals surface area contributed by atoms with Crippen LogP contribution in [-0.4, -0.2) is 11.8 Å². The number of anilines is 1. The molecule has 1 aliphatic carbocycles. The highest BCUT2D eigenvalue weighted by atomic mass is 19.1. The Morgan fingerprint density at radius 3 is 2.32 bits per heavy atom. The standard InChI is InChI=1S/C29H31FN2O2/c1-21(24-9-3-2-4-10-24)31-28(33)19-22-14-16-27(17-15-22)32(29(34)25-11-5-6-12-25)20-23-8-7-13-26(30)18-23/h2-4,7-10,13-18,21,25H,5-6,11-12,19-20H2,1H3,(H,31,33). The maximum atomic E-state index is 13.8. The molecule has 0 heterocycles. The van der Waals surface area contributed by atoms with Gasteiger partial charge in [-0.15, -0.1) is 0 Å². The van der Waals surface area contributed by atoms with E-state index in [1.165, 1.54) is 12.1 Å². The molecule has 1 aliphatic rings. The molecule has 4 nitrogen and oxygen atoms in total. The van der Waals surface area contributed by atoms with Crippen molar-refractivity contribution in [2.24, 2.45) is 5.92 Å². The van der Waals surface area contributed by atoms with E-state index in [-0.39, 0.29) is 36.0 Å². The fourth-order valence-corrected chi connectivity index (χ4v) is 4.60. The molecule has 176 valence electrons. The summed E-state index contributed by atoms with van der Waals surface area (Å²) in [6, 6.07) is 23.7. The smallest absolute Gasteiger partial charge is 0.230 e. The maximum Gasteiger partial charge on any atom is 0.230 e. The molecule has 3 aromatic rings. The molecule has 5 heteroatoms. The molecule has 1 atom stereocenters. The monoisotopic (exact) mass is 458 g/mol. The quantitative estimate of drug-likeness (QED) is 0.452. The van der Waals surface area contributed by atoms with Gasteiger partial charge < -0.3 is 10.2 Å². The van der Waals surface area contributed by atoms with Gasteiger partial charge in [0.15, 0.2) is 0 Å². The lowest BCUT2D eigenvalue weighted by molar-refractivity contribution is -0.122. The van der Waals surface area contributed by atoms with E-state index in [4.69, 9.17) is 0 Å². The number of nitrogens with zero attached hydrogens (tertiary/aromatic N) is 1. The molecule has 0 bridgehead atoms. The predicted molar refractivity (Wildman–Crippen MR) is 133 cm³/mol. The lowest BCUT2D eigenvalue weighted by Gasteiger charge is -2.26. The number of rotatable bonds is 8. The van der Waals surface area contributed by atoms with Crippen LogP contribution in [0.3, 0.4) is 0 Å². The van der Waals surface area contributed by atoms with Gasteiger partial charge in [-0.3, -0.25) is 9.59 Å². The Bertz CT molecular complexity index is 1110. The van der Waals surface area contributed by atoms with E-state index >= 15 is 0 Å². The maximum absolute atomic E-state index is 13.8. The van der Waals surface area contributed by atoms with Gasteiger partial charge in [-0.2, -0.15) is 0 Å². The molecule has 0 radical (unpaired) electrons. The normalized spacial score (nSPS) is 14.5. The minimum atomic E-state index is -0.308. The third kappa shape index (κ3) is 6.10. The molecule has 1 fully saturated rings. The third-order valence-corrected chi connectivity index (χ3v) is 6.49. The first-order chi connectivity index (χ1) is 16.5. The van der Waals surface area contributed by atoms with Crippen molar-refractivity contribution >= 4 is 17.5 Å². The average Bonchev–Trinajstić information content (AvgIpc) is 3.38. The second kappa shape index (κ2) is 11.1. The van der Waals surface area contributed by atoms with Crippen molar-refractivity contribution in [2.75, 3.05) is 4.90 Å². The molecule has 4 rings (SSSR count). The van der Waals surface area contributed by atoms with Crippen molar-refractivity contribution < 1.29 is 14.0 Å². The summed E-state index contributed by atoms with van der Waals surface area (Å²) in [4.78, 5) is 27.6. The van der Waals surface area contributed by atoms with Crippen LogP contribution in [0.5, 0.6) is 0 Å². The first-order valence-electron chi connectivity index (χ1n) is 12.0. The zero-order valence-corrected chi connectivity index (χ0v) is 19.5. The van der Waals surface area contributed by atoms with Crippen molar-refractivity contribution in [1.82, 2.24) is 5.32 Å². The number of benzene rings is 3. The van der Waals surface area contributed by atoms with Crippen LogP contribution in [0.15, 0.2) is 78.9 Å². The summed E-state index contributed by atoms with van der Waals surface area (Å²) in [6.07, 6.45) is 4.20. The SMILES string of the molecule is CC(NC(=O)Cc1ccc(N(Cc2cccc(F)c2)C(=O)C2CCCC2)cc1)c1ccccc1. The Hall–Kier alpha value is -3.47. The summed E-state index contributed by atoms with van der Waals surface area (Å²) < 4.78 is 13.8. The van der Waals surface area contributed by atoms with Gasteiger partial charge in [0.2, 0.25) is 11.8 Å². The summed E-state index contributed by atoms with van der Waals surface area (Å²) in [5, 5.41) is 3.04. The van der Waals surface area contributed by atoms with Gasteiger partial charge in [0, 0.05) is 11.6 Å². The molecule has 3 aromatic carbocycles. The highest BCUT2D eigenvalue weighted by Crippen LogP contribution is 2.30. The number of carbonyl (C=O) groups is 2. The van der Waals surface area contributed by atoms with E-state index in [0.717, 1.165) is 48.1 Å². The Morgan fingerprint density at radius 1 is 0.941 bits per heavy atom. The van der Waals surface area contributed by atoms with Gasteiger partial charge in [-0.1, -0.05) is 67.4 Å². The molecule has 0 aliphatic heterocycles. The summed E-state index contributed by atoms with van der Waals surface area (Å²) in [7, 11) is 0. The molecule has 2 amide bonds. The van der Waals surface area contributed by atoms with E-state index in [1.807, 2.05) is 67.6 Å². The minimum Gasteiger partial charge on any atom is -0.349 e. The first kappa shape index (κ1) is 23.7. The largest absolute Gasteiger partial charge is 0.349 e. The van der Waals surface area contributed by atoms with Crippen molar-refractivity contribution in [3.05, 3.63) is 101 Å². The number of hydrogen-bond donors (Lipinski definition) is 1. The molecule has 0 aromatic heterocycles. The molecule has 0 saturated heterocycles. The van der Waals surface area contributed by atoms with E-state index in [2.05, 4.69) is 5.32 Å². The van der Waals surface area contributed by atoms with Crippen molar-refractivity contribution in [3.8, 4) is 0 Å². The van der Waals surface area contributed by atoms with Gasteiger partial charge in [0.25, 0.3) is 0 Å². The zero-order chi connectivity index (χ0) is 23.9. The van der Waals surface area contributed by atoms with Crippen LogP contribution in [0.2, 0.25) is 0 Å². The van der Waals surface area contributed by atoms with Gasteiger partial charge >= 0.3 is 0 Å². The van der Waals surface area contributed by atoms with E-state index in [9.17, 15) is 14.0 Å². The molecular formula is C29H31FN2O2. The van der Waals surface area contributed by atoms with E-state index in [0.29, 0.717) is 6.54 Å². The summed E-state index contributed by atoms with van der Waals surface area (Å²) in [5.74, 6) is -0.262. The van der Waals surface area contributed by atoms with Crippen molar-refractivity contribution in [2.45, 2.75) is 51.6 Å². The molecular weight excluding hydrogens is 427 g/mol. The Balaban J connectivity index is 1.45. The third-order valence-electron chi connectivity index (χ3n) is 6.49. The van der Waals surface area contributed by atoms with Crippen LogP contribution in [0, 0.1) is 11.7 Å². The number of amides is 2. The van der Waals surface area contributed by atoms with Gasteiger partial charge in [0.1, 0.15) is 5.82 Å². The number of hydrogen-bond acceptors (Lipinski definition) is 2. The highest BCUT2D eigenvalue weighted by Gasteiger charge is 2.28. The zero-order valence-electron chi connectivity index (χ0n) is 19.5. The Labute approximate surface area is 200 Å². The summed E-state index contributed by atoms with van der Waals surface area (Å²) >= 11 is 0. The summed E-state index contributed by atoms with van der Waals surface area (Å²) in [6.45, 7) is 2.29.